The van der Waals surface area contributed by atoms with Gasteiger partial charge in [0.25, 0.3) is 11.1 Å². The molecule has 0 saturated heterocycles. The van der Waals surface area contributed by atoms with Crippen molar-refractivity contribution in [2.75, 3.05) is 0 Å². The number of halogens is 1. The molecule has 0 unspecified atom stereocenters. The summed E-state index contributed by atoms with van der Waals surface area (Å²) in [5.74, 6) is -0.498. The molecule has 5 aromatic rings. The second kappa shape index (κ2) is 7.77. The van der Waals surface area contributed by atoms with Crippen molar-refractivity contribution in [3.05, 3.63) is 99.3 Å². The summed E-state index contributed by atoms with van der Waals surface area (Å²) in [5, 5.41) is 9.10. The van der Waals surface area contributed by atoms with E-state index in [0.717, 1.165) is 11.8 Å². The number of rotatable bonds is 4. The van der Waals surface area contributed by atoms with E-state index >= 15 is 0 Å². The Morgan fingerprint density at radius 2 is 1.45 bits per heavy atom. The highest BCUT2D eigenvalue weighted by Crippen LogP contribution is 2.23. The first-order chi connectivity index (χ1) is 15.1. The van der Waals surface area contributed by atoms with Gasteiger partial charge in [0.15, 0.2) is 5.16 Å². The summed E-state index contributed by atoms with van der Waals surface area (Å²) in [7, 11) is 0. The number of benzene rings is 3. The van der Waals surface area contributed by atoms with Gasteiger partial charge in [-0.05, 0) is 36.4 Å². The number of aromatic nitrogens is 5. The Balaban J connectivity index is 1.64. The molecule has 0 atom stereocenters. The number of fused-ring (bicyclic) bond motifs is 2. The Kier molecular flexibility index (Phi) is 4.79. The van der Waals surface area contributed by atoms with Gasteiger partial charge in [-0.25, -0.2) is 9.37 Å². The molecule has 2 heterocycles. The van der Waals surface area contributed by atoms with Crippen LogP contribution >= 0.6 is 11.8 Å². The van der Waals surface area contributed by atoms with E-state index in [1.807, 2.05) is 0 Å². The van der Waals surface area contributed by atoms with Gasteiger partial charge in [0, 0.05) is 0 Å². The molecule has 152 valence electrons. The lowest BCUT2D eigenvalue weighted by molar-refractivity contribution is 0.606. The van der Waals surface area contributed by atoms with Gasteiger partial charge in [-0.15, -0.1) is 5.10 Å². The highest BCUT2D eigenvalue weighted by Gasteiger charge is 2.16. The summed E-state index contributed by atoms with van der Waals surface area (Å²) < 4.78 is 17.0. The SMILES string of the molecule is O=c1c2ccccc2nnn1CSc1nc2ccccc2c(=O)n1-c1ccccc1F. The lowest BCUT2D eigenvalue weighted by atomic mass is 10.2. The van der Waals surface area contributed by atoms with Crippen LogP contribution in [0, 0.1) is 5.82 Å². The molecule has 31 heavy (non-hydrogen) atoms. The van der Waals surface area contributed by atoms with Crippen molar-refractivity contribution in [2.24, 2.45) is 0 Å². The van der Waals surface area contributed by atoms with E-state index in [4.69, 9.17) is 0 Å². The third-order valence-electron chi connectivity index (χ3n) is 4.78. The number of hydrogen-bond acceptors (Lipinski definition) is 6. The molecular weight excluding hydrogens is 417 g/mol. The molecule has 3 aromatic carbocycles. The molecule has 0 radical (unpaired) electrons. The van der Waals surface area contributed by atoms with Crippen molar-refractivity contribution >= 4 is 33.6 Å². The topological polar surface area (TPSA) is 82.7 Å². The predicted molar refractivity (Wildman–Crippen MR) is 117 cm³/mol. The van der Waals surface area contributed by atoms with E-state index in [2.05, 4.69) is 15.3 Å². The van der Waals surface area contributed by atoms with Crippen LogP contribution in [0.25, 0.3) is 27.5 Å². The van der Waals surface area contributed by atoms with Crippen molar-refractivity contribution in [1.82, 2.24) is 24.5 Å². The normalized spacial score (nSPS) is 11.3. The molecule has 0 aliphatic carbocycles. The smallest absolute Gasteiger partial charge is 0.268 e. The van der Waals surface area contributed by atoms with Crippen molar-refractivity contribution in [3.63, 3.8) is 0 Å². The fourth-order valence-corrected chi connectivity index (χ4v) is 4.16. The monoisotopic (exact) mass is 431 g/mol. The van der Waals surface area contributed by atoms with Gasteiger partial charge >= 0.3 is 0 Å². The molecule has 0 N–H and O–H groups in total. The Hall–Kier alpha value is -3.85. The zero-order valence-corrected chi connectivity index (χ0v) is 16.8. The summed E-state index contributed by atoms with van der Waals surface area (Å²) in [4.78, 5) is 30.5. The van der Waals surface area contributed by atoms with Crippen LogP contribution in [0.2, 0.25) is 0 Å². The Morgan fingerprint density at radius 3 is 2.23 bits per heavy atom. The van der Waals surface area contributed by atoms with Gasteiger partial charge < -0.3 is 0 Å². The van der Waals surface area contributed by atoms with Crippen LogP contribution in [0.15, 0.2) is 87.5 Å². The van der Waals surface area contributed by atoms with Crippen LogP contribution in [-0.4, -0.2) is 24.5 Å². The van der Waals surface area contributed by atoms with Crippen molar-refractivity contribution in [1.29, 1.82) is 0 Å². The minimum absolute atomic E-state index is 0.0515. The molecule has 0 spiro atoms. The number of hydrogen-bond donors (Lipinski definition) is 0. The van der Waals surface area contributed by atoms with E-state index in [1.54, 1.807) is 60.7 Å². The summed E-state index contributed by atoms with van der Waals surface area (Å²) in [6.45, 7) is 0. The molecule has 2 aromatic heterocycles. The Bertz CT molecular complexity index is 1560. The molecule has 0 aliphatic heterocycles. The quantitative estimate of drug-likeness (QED) is 0.321. The molecule has 0 aliphatic rings. The van der Waals surface area contributed by atoms with Gasteiger partial charge in [0.05, 0.1) is 27.9 Å². The van der Waals surface area contributed by atoms with E-state index in [0.29, 0.717) is 21.8 Å². The highest BCUT2D eigenvalue weighted by atomic mass is 32.2. The lowest BCUT2D eigenvalue weighted by Gasteiger charge is -2.14. The van der Waals surface area contributed by atoms with Crippen LogP contribution in [0.4, 0.5) is 4.39 Å². The van der Waals surface area contributed by atoms with E-state index < -0.39 is 11.4 Å². The highest BCUT2D eigenvalue weighted by molar-refractivity contribution is 7.98. The van der Waals surface area contributed by atoms with Crippen LogP contribution < -0.4 is 11.1 Å². The van der Waals surface area contributed by atoms with Crippen molar-refractivity contribution < 1.29 is 4.39 Å². The fourth-order valence-electron chi connectivity index (χ4n) is 3.28. The van der Waals surface area contributed by atoms with Gasteiger partial charge in [-0.3, -0.25) is 14.2 Å². The lowest BCUT2D eigenvalue weighted by Crippen LogP contribution is -2.25. The van der Waals surface area contributed by atoms with Crippen molar-refractivity contribution in [3.8, 4) is 5.69 Å². The van der Waals surface area contributed by atoms with Crippen molar-refractivity contribution in [2.45, 2.75) is 11.0 Å². The van der Waals surface area contributed by atoms with Gasteiger partial charge in [0.2, 0.25) is 0 Å². The largest absolute Gasteiger partial charge is 0.278 e. The molecule has 0 bridgehead atoms. The zero-order chi connectivity index (χ0) is 21.4. The molecular formula is C22H14FN5O2S. The van der Waals surface area contributed by atoms with Gasteiger partial charge in [-0.2, -0.15) is 4.68 Å². The maximum Gasteiger partial charge on any atom is 0.278 e. The van der Waals surface area contributed by atoms with Crippen LogP contribution in [0.5, 0.6) is 0 Å². The van der Waals surface area contributed by atoms with E-state index in [-0.39, 0.29) is 22.3 Å². The van der Waals surface area contributed by atoms with Crippen LogP contribution in [-0.2, 0) is 5.88 Å². The second-order valence-corrected chi connectivity index (χ2v) is 7.60. The molecule has 7 nitrogen and oxygen atoms in total. The second-order valence-electron chi connectivity index (χ2n) is 6.69. The number of para-hydroxylation sites is 2. The summed E-state index contributed by atoms with van der Waals surface area (Å²) in [5.41, 5.74) is 0.374. The fraction of sp³-hybridized carbons (Fsp3) is 0.0455. The average Bonchev–Trinajstić information content (AvgIpc) is 2.80. The maximum absolute atomic E-state index is 14.6. The first kappa shape index (κ1) is 19.1. The van der Waals surface area contributed by atoms with Gasteiger partial charge in [-0.1, -0.05) is 53.4 Å². The van der Waals surface area contributed by atoms with Gasteiger partial charge in [0.1, 0.15) is 11.3 Å². The average molecular weight is 431 g/mol. The third kappa shape index (κ3) is 3.38. The minimum atomic E-state index is -0.550. The molecule has 0 saturated carbocycles. The summed E-state index contributed by atoms with van der Waals surface area (Å²) in [6, 6.07) is 19.8. The molecule has 0 fully saturated rings. The summed E-state index contributed by atoms with van der Waals surface area (Å²) in [6.07, 6.45) is 0. The van der Waals surface area contributed by atoms with E-state index in [1.165, 1.54) is 21.4 Å². The number of nitrogens with zero attached hydrogens (tertiary/aromatic N) is 5. The molecule has 9 heteroatoms. The first-order valence-electron chi connectivity index (χ1n) is 9.35. The zero-order valence-electron chi connectivity index (χ0n) is 16.0. The van der Waals surface area contributed by atoms with E-state index in [9.17, 15) is 14.0 Å². The van der Waals surface area contributed by atoms with Crippen LogP contribution in [0.3, 0.4) is 0 Å². The molecule has 0 amide bonds. The Morgan fingerprint density at radius 1 is 0.806 bits per heavy atom. The molecule has 5 rings (SSSR count). The predicted octanol–water partition coefficient (Wildman–Crippen LogP) is 3.38. The summed E-state index contributed by atoms with van der Waals surface area (Å²) >= 11 is 1.10. The van der Waals surface area contributed by atoms with Crippen LogP contribution in [0.1, 0.15) is 0 Å². The first-order valence-corrected chi connectivity index (χ1v) is 10.3. The minimum Gasteiger partial charge on any atom is -0.268 e. The Labute approximate surface area is 178 Å². The maximum atomic E-state index is 14.6. The third-order valence-corrected chi connectivity index (χ3v) is 5.69. The standard InChI is InChI=1S/C22H14FN5O2S/c23-16-9-3-6-12-19(16)28-21(30)14-7-1-4-10-17(14)24-22(28)31-13-27-20(29)15-8-2-5-11-18(15)25-26-27/h1-12H,13H2. The number of thioether (sulfide) groups is 1.